The van der Waals surface area contributed by atoms with E-state index in [4.69, 9.17) is 4.74 Å². The predicted octanol–water partition coefficient (Wildman–Crippen LogP) is 1.79. The molecular formula is C12H12F2N2O5. The van der Waals surface area contributed by atoms with Gasteiger partial charge >= 0.3 is 0 Å². The molecule has 0 unspecified atom stereocenters. The maximum absolute atomic E-state index is 13.1. The monoisotopic (exact) mass is 302 g/mol. The van der Waals surface area contributed by atoms with Crippen LogP contribution in [-0.4, -0.2) is 47.0 Å². The molecule has 0 aliphatic carbocycles. The Labute approximate surface area is 117 Å². The number of carbonyl (C=O) groups excluding carboxylic acids is 1. The van der Waals surface area contributed by atoms with Crippen LogP contribution in [0.2, 0.25) is 0 Å². The van der Waals surface area contributed by atoms with Crippen molar-refractivity contribution in [1.29, 1.82) is 0 Å². The number of methoxy groups -OCH3 is 1. The minimum absolute atomic E-state index is 0.144. The van der Waals surface area contributed by atoms with E-state index in [1.807, 2.05) is 0 Å². The van der Waals surface area contributed by atoms with E-state index in [0.29, 0.717) is 0 Å². The van der Waals surface area contributed by atoms with Crippen LogP contribution in [0.25, 0.3) is 0 Å². The molecule has 0 bridgehead atoms. The van der Waals surface area contributed by atoms with E-state index in [9.17, 15) is 28.8 Å². The number of nitro benzene ring substituents is 1. The summed E-state index contributed by atoms with van der Waals surface area (Å²) in [6.07, 6.45) is -0.484. The number of halogens is 2. The predicted molar refractivity (Wildman–Crippen MR) is 66.8 cm³/mol. The van der Waals surface area contributed by atoms with Crippen LogP contribution >= 0.6 is 0 Å². The van der Waals surface area contributed by atoms with Gasteiger partial charge in [-0.15, -0.1) is 0 Å². The Morgan fingerprint density at radius 1 is 1.52 bits per heavy atom. The molecule has 1 saturated heterocycles. The van der Waals surface area contributed by atoms with Crippen molar-refractivity contribution in [1.82, 2.24) is 4.90 Å². The molecule has 0 radical (unpaired) electrons. The third kappa shape index (κ3) is 2.86. The summed E-state index contributed by atoms with van der Waals surface area (Å²) in [4.78, 5) is 23.1. The number of nitro groups is 1. The standard InChI is InChI=1S/C12H12F2N2O5/c1-21-10-4-7(8(16(19)20)5-9(10)17)11(18)15-3-2-12(13,14)6-15/h4-5,17H,2-3,6H2,1H3. The van der Waals surface area contributed by atoms with E-state index in [2.05, 4.69) is 0 Å². The molecule has 9 heteroatoms. The maximum atomic E-state index is 13.1. The van der Waals surface area contributed by atoms with Gasteiger partial charge in [0.25, 0.3) is 17.5 Å². The second kappa shape index (κ2) is 5.15. The molecule has 0 aromatic heterocycles. The second-order valence-corrected chi connectivity index (χ2v) is 4.63. The van der Waals surface area contributed by atoms with Gasteiger partial charge in [0.05, 0.1) is 24.6 Å². The van der Waals surface area contributed by atoms with Gasteiger partial charge in [-0.3, -0.25) is 14.9 Å². The number of hydrogen-bond donors (Lipinski definition) is 1. The lowest BCUT2D eigenvalue weighted by Gasteiger charge is -2.16. The molecule has 0 saturated carbocycles. The molecule has 21 heavy (non-hydrogen) atoms. The topological polar surface area (TPSA) is 92.9 Å². The van der Waals surface area contributed by atoms with Crippen LogP contribution in [0.1, 0.15) is 16.8 Å². The van der Waals surface area contributed by atoms with Gasteiger partial charge in [0.1, 0.15) is 5.56 Å². The average molecular weight is 302 g/mol. The first kappa shape index (κ1) is 14.9. The zero-order chi connectivity index (χ0) is 15.8. The summed E-state index contributed by atoms with van der Waals surface area (Å²) in [5.74, 6) is -4.54. The van der Waals surface area contributed by atoms with Gasteiger partial charge in [-0.05, 0) is 0 Å². The Hall–Kier alpha value is -2.45. The van der Waals surface area contributed by atoms with E-state index in [0.717, 1.165) is 17.0 Å². The molecule has 0 spiro atoms. The summed E-state index contributed by atoms with van der Waals surface area (Å²) in [5, 5.41) is 20.5. The minimum Gasteiger partial charge on any atom is -0.504 e. The lowest BCUT2D eigenvalue weighted by molar-refractivity contribution is -0.385. The number of nitrogens with zero attached hydrogens (tertiary/aromatic N) is 2. The number of phenolic OH excluding ortho intramolecular Hbond substituents is 1. The number of benzene rings is 1. The first-order chi connectivity index (χ1) is 9.75. The van der Waals surface area contributed by atoms with Crippen LogP contribution in [0.4, 0.5) is 14.5 Å². The van der Waals surface area contributed by atoms with Gasteiger partial charge in [0.2, 0.25) is 0 Å². The summed E-state index contributed by atoms with van der Waals surface area (Å²) in [6.45, 7) is -0.974. The highest BCUT2D eigenvalue weighted by molar-refractivity contribution is 5.99. The summed E-state index contributed by atoms with van der Waals surface area (Å²) in [6, 6.07) is 1.74. The molecule has 114 valence electrons. The van der Waals surface area contributed by atoms with Crippen molar-refractivity contribution in [2.24, 2.45) is 0 Å². The molecule has 7 nitrogen and oxygen atoms in total. The Kier molecular flexibility index (Phi) is 3.67. The number of aromatic hydroxyl groups is 1. The van der Waals surface area contributed by atoms with Gasteiger partial charge in [-0.1, -0.05) is 0 Å². The van der Waals surface area contributed by atoms with Crippen LogP contribution < -0.4 is 4.74 Å². The zero-order valence-electron chi connectivity index (χ0n) is 11.0. The third-order valence-electron chi connectivity index (χ3n) is 3.18. The molecule has 1 aliphatic heterocycles. The summed E-state index contributed by atoms with van der Waals surface area (Å²) >= 11 is 0. The lowest BCUT2D eigenvalue weighted by atomic mass is 10.1. The first-order valence-corrected chi connectivity index (χ1v) is 5.97. The summed E-state index contributed by atoms with van der Waals surface area (Å²) < 4.78 is 31.1. The molecule has 0 atom stereocenters. The van der Waals surface area contributed by atoms with E-state index >= 15 is 0 Å². The van der Waals surface area contributed by atoms with E-state index < -0.39 is 46.7 Å². The van der Waals surface area contributed by atoms with Gasteiger partial charge in [0, 0.05) is 19.0 Å². The van der Waals surface area contributed by atoms with Gasteiger partial charge in [-0.2, -0.15) is 0 Å². The van der Waals surface area contributed by atoms with E-state index in [1.54, 1.807) is 0 Å². The number of likely N-dealkylation sites (tertiary alicyclic amines) is 1. The highest BCUT2D eigenvalue weighted by Gasteiger charge is 2.41. The SMILES string of the molecule is COc1cc(C(=O)N2CCC(F)(F)C2)c([N+](=O)[O-])cc1O. The number of phenols is 1. The van der Waals surface area contributed by atoms with Crippen molar-refractivity contribution in [2.45, 2.75) is 12.3 Å². The molecule has 1 fully saturated rings. The van der Waals surface area contributed by atoms with Crippen LogP contribution in [0.5, 0.6) is 11.5 Å². The van der Waals surface area contributed by atoms with Crippen LogP contribution in [0, 0.1) is 10.1 Å². The molecule has 1 N–H and O–H groups in total. The first-order valence-electron chi connectivity index (χ1n) is 5.97. The summed E-state index contributed by atoms with van der Waals surface area (Å²) in [7, 11) is 1.21. The Bertz CT molecular complexity index is 606. The Morgan fingerprint density at radius 2 is 2.19 bits per heavy atom. The van der Waals surface area contributed by atoms with Crippen LogP contribution in [0.15, 0.2) is 12.1 Å². The maximum Gasteiger partial charge on any atom is 0.286 e. The lowest BCUT2D eigenvalue weighted by Crippen LogP contribution is -2.31. The number of rotatable bonds is 3. The number of alkyl halides is 2. The van der Waals surface area contributed by atoms with Crippen LogP contribution in [-0.2, 0) is 0 Å². The van der Waals surface area contributed by atoms with E-state index in [-0.39, 0.29) is 12.3 Å². The smallest absolute Gasteiger partial charge is 0.286 e. The molecule has 1 amide bonds. The van der Waals surface area contributed by atoms with E-state index in [1.165, 1.54) is 7.11 Å². The largest absolute Gasteiger partial charge is 0.504 e. The molecule has 1 aliphatic rings. The third-order valence-corrected chi connectivity index (χ3v) is 3.18. The zero-order valence-corrected chi connectivity index (χ0v) is 11.0. The number of ether oxygens (including phenoxy) is 1. The van der Waals surface area contributed by atoms with Gasteiger partial charge < -0.3 is 14.7 Å². The molecule has 2 rings (SSSR count). The van der Waals surface area contributed by atoms with Crippen molar-refractivity contribution in [3.63, 3.8) is 0 Å². The number of hydrogen-bond acceptors (Lipinski definition) is 5. The molecule has 1 heterocycles. The average Bonchev–Trinajstić information content (AvgIpc) is 2.77. The normalized spacial score (nSPS) is 16.8. The van der Waals surface area contributed by atoms with Crippen molar-refractivity contribution in [3.05, 3.63) is 27.8 Å². The fourth-order valence-electron chi connectivity index (χ4n) is 2.12. The van der Waals surface area contributed by atoms with Crippen LogP contribution in [0.3, 0.4) is 0 Å². The Balaban J connectivity index is 2.42. The number of carbonyl (C=O) groups is 1. The molecular weight excluding hydrogens is 290 g/mol. The van der Waals surface area contributed by atoms with Crippen molar-refractivity contribution in [2.75, 3.05) is 20.2 Å². The fraction of sp³-hybridized carbons (Fsp3) is 0.417. The molecule has 1 aromatic carbocycles. The summed E-state index contributed by atoms with van der Waals surface area (Å²) in [5.41, 5.74) is -1.05. The second-order valence-electron chi connectivity index (χ2n) is 4.63. The molecule has 1 aromatic rings. The quantitative estimate of drug-likeness (QED) is 0.678. The van der Waals surface area contributed by atoms with Crippen molar-refractivity contribution >= 4 is 11.6 Å². The highest BCUT2D eigenvalue weighted by atomic mass is 19.3. The van der Waals surface area contributed by atoms with Gasteiger partial charge in [0.15, 0.2) is 11.5 Å². The van der Waals surface area contributed by atoms with Crippen molar-refractivity contribution in [3.8, 4) is 11.5 Å². The Morgan fingerprint density at radius 3 is 2.67 bits per heavy atom. The fourth-order valence-corrected chi connectivity index (χ4v) is 2.12. The van der Waals surface area contributed by atoms with Crippen molar-refractivity contribution < 1.29 is 28.3 Å². The minimum atomic E-state index is -2.99. The van der Waals surface area contributed by atoms with Gasteiger partial charge in [-0.25, -0.2) is 8.78 Å². The highest BCUT2D eigenvalue weighted by Crippen LogP contribution is 2.35. The number of amides is 1.